The number of nitrogens with one attached hydrogen (secondary N) is 1. The highest BCUT2D eigenvalue weighted by Crippen LogP contribution is 2.22. The van der Waals surface area contributed by atoms with Crippen LogP contribution in [0.1, 0.15) is 17.4 Å². The maximum atomic E-state index is 6.08. The van der Waals surface area contributed by atoms with E-state index in [9.17, 15) is 0 Å². The third-order valence-corrected chi connectivity index (χ3v) is 3.03. The van der Waals surface area contributed by atoms with Gasteiger partial charge in [0.15, 0.2) is 5.82 Å². The average Bonchev–Trinajstić information content (AvgIpc) is 3.02. The minimum absolute atomic E-state index is 0.333. The molecule has 0 fully saturated rings. The van der Waals surface area contributed by atoms with Crippen LogP contribution in [0.5, 0.6) is 0 Å². The van der Waals surface area contributed by atoms with Crippen molar-refractivity contribution in [2.24, 2.45) is 5.73 Å². The summed E-state index contributed by atoms with van der Waals surface area (Å²) in [5.41, 5.74) is 9.39. The Morgan fingerprint density at radius 3 is 2.21 bits per heavy atom. The molecule has 1 atom stereocenters. The third-order valence-electron chi connectivity index (χ3n) is 3.03. The van der Waals surface area contributed by atoms with E-state index in [1.54, 1.807) is 0 Å². The van der Waals surface area contributed by atoms with Crippen LogP contribution in [-0.2, 0) is 0 Å². The first-order chi connectivity index (χ1) is 9.34. The van der Waals surface area contributed by atoms with Crippen LogP contribution in [0.2, 0.25) is 0 Å². The fourth-order valence-corrected chi connectivity index (χ4v) is 1.97. The first-order valence-electron chi connectivity index (χ1n) is 5.99. The van der Waals surface area contributed by atoms with Gasteiger partial charge in [-0.2, -0.15) is 0 Å². The second-order valence-corrected chi connectivity index (χ2v) is 4.25. The molecule has 0 radical (unpaired) electrons. The van der Waals surface area contributed by atoms with Gasteiger partial charge in [-0.25, -0.2) is 5.10 Å². The third kappa shape index (κ3) is 2.36. The molecule has 1 aromatic heterocycles. The van der Waals surface area contributed by atoms with Gasteiger partial charge in [0, 0.05) is 0 Å². The van der Waals surface area contributed by atoms with E-state index in [0.717, 1.165) is 11.1 Å². The molecule has 3 rings (SSSR count). The van der Waals surface area contributed by atoms with Gasteiger partial charge in [-0.15, -0.1) is 5.10 Å². The standard InChI is InChI=1S/C14H13N5/c15-13(14-16-18-19-17-14)12-8-6-11(7-9-12)10-4-2-1-3-5-10/h1-9,13H,15H2,(H,16,17,18,19). The number of aromatic amines is 1. The molecule has 0 bridgehead atoms. The molecule has 19 heavy (non-hydrogen) atoms. The molecule has 0 saturated carbocycles. The van der Waals surface area contributed by atoms with Crippen LogP contribution in [0, 0.1) is 0 Å². The lowest BCUT2D eigenvalue weighted by Gasteiger charge is -2.09. The van der Waals surface area contributed by atoms with E-state index >= 15 is 0 Å². The molecule has 0 spiro atoms. The van der Waals surface area contributed by atoms with Crippen molar-refractivity contribution in [3.8, 4) is 11.1 Å². The molecule has 0 aliphatic rings. The van der Waals surface area contributed by atoms with Crippen molar-refractivity contribution in [3.63, 3.8) is 0 Å². The van der Waals surface area contributed by atoms with Crippen LogP contribution in [-0.4, -0.2) is 20.6 Å². The Morgan fingerprint density at radius 1 is 0.895 bits per heavy atom. The number of aromatic nitrogens is 4. The van der Waals surface area contributed by atoms with Gasteiger partial charge in [0.05, 0.1) is 6.04 Å². The van der Waals surface area contributed by atoms with Gasteiger partial charge in [-0.05, 0) is 27.1 Å². The molecular weight excluding hydrogens is 238 g/mol. The Hall–Kier alpha value is -2.53. The van der Waals surface area contributed by atoms with E-state index in [2.05, 4.69) is 32.8 Å². The molecule has 2 aromatic carbocycles. The Kier molecular flexibility index (Phi) is 3.04. The fourth-order valence-electron chi connectivity index (χ4n) is 1.97. The Bertz CT molecular complexity index is 631. The quantitative estimate of drug-likeness (QED) is 0.745. The Morgan fingerprint density at radius 2 is 1.58 bits per heavy atom. The van der Waals surface area contributed by atoms with Gasteiger partial charge in [-0.3, -0.25) is 0 Å². The molecule has 3 aromatic rings. The molecule has 0 amide bonds. The molecule has 5 heteroatoms. The van der Waals surface area contributed by atoms with Crippen LogP contribution >= 0.6 is 0 Å². The molecule has 1 unspecified atom stereocenters. The number of hydrogen-bond donors (Lipinski definition) is 2. The SMILES string of the molecule is NC(c1ccc(-c2ccccc2)cc1)c1nnn[nH]1. The van der Waals surface area contributed by atoms with Crippen molar-refractivity contribution in [1.82, 2.24) is 20.6 Å². The van der Waals surface area contributed by atoms with Crippen molar-refractivity contribution in [3.05, 3.63) is 66.0 Å². The van der Waals surface area contributed by atoms with Crippen LogP contribution in [0.15, 0.2) is 54.6 Å². The molecule has 3 N–H and O–H groups in total. The predicted molar refractivity (Wildman–Crippen MR) is 72.1 cm³/mol. The van der Waals surface area contributed by atoms with E-state index in [4.69, 9.17) is 5.73 Å². The summed E-state index contributed by atoms with van der Waals surface area (Å²) in [7, 11) is 0. The molecule has 0 saturated heterocycles. The van der Waals surface area contributed by atoms with E-state index in [1.807, 2.05) is 42.5 Å². The Balaban J connectivity index is 1.87. The van der Waals surface area contributed by atoms with Gasteiger partial charge >= 0.3 is 0 Å². The van der Waals surface area contributed by atoms with E-state index < -0.39 is 0 Å². The summed E-state index contributed by atoms with van der Waals surface area (Å²) in [5, 5.41) is 13.6. The summed E-state index contributed by atoms with van der Waals surface area (Å²) in [4.78, 5) is 0. The zero-order valence-corrected chi connectivity index (χ0v) is 10.2. The number of H-pyrrole nitrogens is 1. The van der Waals surface area contributed by atoms with Crippen LogP contribution in [0.3, 0.4) is 0 Å². The van der Waals surface area contributed by atoms with Crippen molar-refractivity contribution >= 4 is 0 Å². The van der Waals surface area contributed by atoms with Gasteiger partial charge in [-0.1, -0.05) is 54.6 Å². The second kappa shape index (κ2) is 4.99. The topological polar surface area (TPSA) is 80.5 Å². The van der Waals surface area contributed by atoms with Crippen molar-refractivity contribution in [2.45, 2.75) is 6.04 Å². The molecule has 94 valence electrons. The number of tetrazole rings is 1. The highest BCUT2D eigenvalue weighted by molar-refractivity contribution is 5.63. The molecule has 0 aliphatic heterocycles. The van der Waals surface area contributed by atoms with Crippen LogP contribution < -0.4 is 5.73 Å². The first-order valence-corrected chi connectivity index (χ1v) is 5.99. The number of nitrogens with zero attached hydrogens (tertiary/aromatic N) is 3. The lowest BCUT2D eigenvalue weighted by atomic mass is 10.0. The van der Waals surface area contributed by atoms with E-state index in [0.29, 0.717) is 5.82 Å². The smallest absolute Gasteiger partial charge is 0.170 e. The zero-order chi connectivity index (χ0) is 13.1. The largest absolute Gasteiger partial charge is 0.318 e. The van der Waals surface area contributed by atoms with Crippen LogP contribution in [0.25, 0.3) is 11.1 Å². The number of hydrogen-bond acceptors (Lipinski definition) is 4. The normalized spacial score (nSPS) is 12.3. The fraction of sp³-hybridized carbons (Fsp3) is 0.0714. The number of benzene rings is 2. The van der Waals surface area contributed by atoms with Crippen molar-refractivity contribution in [2.75, 3.05) is 0 Å². The second-order valence-electron chi connectivity index (χ2n) is 4.25. The van der Waals surface area contributed by atoms with Crippen molar-refractivity contribution < 1.29 is 0 Å². The number of nitrogens with two attached hydrogens (primary N) is 1. The minimum atomic E-state index is -0.333. The van der Waals surface area contributed by atoms with E-state index in [1.165, 1.54) is 5.56 Å². The Labute approximate surface area is 110 Å². The van der Waals surface area contributed by atoms with Gasteiger partial charge in [0.2, 0.25) is 0 Å². The average molecular weight is 251 g/mol. The summed E-state index contributed by atoms with van der Waals surface area (Å²) in [6.07, 6.45) is 0. The molecule has 1 heterocycles. The summed E-state index contributed by atoms with van der Waals surface area (Å²) in [5.74, 6) is 0.562. The molecule has 0 aliphatic carbocycles. The molecular formula is C14H13N5. The lowest BCUT2D eigenvalue weighted by Crippen LogP contribution is -2.13. The highest BCUT2D eigenvalue weighted by Gasteiger charge is 2.12. The first kappa shape index (κ1) is 11.6. The number of rotatable bonds is 3. The van der Waals surface area contributed by atoms with Gasteiger partial charge < -0.3 is 5.73 Å². The summed E-state index contributed by atoms with van der Waals surface area (Å²) in [6.45, 7) is 0. The monoisotopic (exact) mass is 251 g/mol. The molecule has 5 nitrogen and oxygen atoms in total. The summed E-state index contributed by atoms with van der Waals surface area (Å²) in [6, 6.07) is 18.0. The zero-order valence-electron chi connectivity index (χ0n) is 10.2. The van der Waals surface area contributed by atoms with Crippen LogP contribution in [0.4, 0.5) is 0 Å². The van der Waals surface area contributed by atoms with Crippen molar-refractivity contribution in [1.29, 1.82) is 0 Å². The maximum absolute atomic E-state index is 6.08. The summed E-state index contributed by atoms with van der Waals surface area (Å²) >= 11 is 0. The highest BCUT2D eigenvalue weighted by atomic mass is 15.5. The summed E-state index contributed by atoms with van der Waals surface area (Å²) < 4.78 is 0. The maximum Gasteiger partial charge on any atom is 0.170 e. The lowest BCUT2D eigenvalue weighted by molar-refractivity contribution is 0.785. The van der Waals surface area contributed by atoms with Gasteiger partial charge in [0.1, 0.15) is 0 Å². The van der Waals surface area contributed by atoms with Gasteiger partial charge in [0.25, 0.3) is 0 Å². The predicted octanol–water partition coefficient (Wildman–Crippen LogP) is 1.91. The van der Waals surface area contributed by atoms with E-state index in [-0.39, 0.29) is 6.04 Å². The minimum Gasteiger partial charge on any atom is -0.318 e.